The summed E-state index contributed by atoms with van der Waals surface area (Å²) in [5, 5.41) is 14.8. The second kappa shape index (κ2) is 6.39. The maximum atomic E-state index is 12.0. The molecule has 0 spiro atoms. The Labute approximate surface area is 133 Å². The van der Waals surface area contributed by atoms with Crippen LogP contribution in [0.15, 0.2) is 47.6 Å². The predicted octanol–water partition coefficient (Wildman–Crippen LogP) is 2.85. The summed E-state index contributed by atoms with van der Waals surface area (Å²) in [5.41, 5.74) is 5.67. The third kappa shape index (κ3) is 3.26. The first-order valence-electron chi connectivity index (χ1n) is 7.34. The molecule has 1 amide bonds. The van der Waals surface area contributed by atoms with Crippen LogP contribution >= 0.6 is 0 Å². The van der Waals surface area contributed by atoms with Crippen LogP contribution in [0.4, 0.5) is 5.69 Å². The van der Waals surface area contributed by atoms with Crippen molar-refractivity contribution >= 4 is 17.8 Å². The standard InChI is InChI=1S/C17H15N3O3/c21-17(15-6-1-2-7-16(15)20(22)23)19-18-11-12-8-9-13-4-3-5-14(13)10-12/h1-2,6-11H,3-5H2,(H,19,21)/b18-11-. The summed E-state index contributed by atoms with van der Waals surface area (Å²) in [4.78, 5) is 22.4. The van der Waals surface area contributed by atoms with E-state index in [-0.39, 0.29) is 11.3 Å². The van der Waals surface area contributed by atoms with Crippen LogP contribution in [0.3, 0.4) is 0 Å². The first kappa shape index (κ1) is 14.9. The van der Waals surface area contributed by atoms with Crippen molar-refractivity contribution in [2.24, 2.45) is 5.10 Å². The minimum atomic E-state index is -0.602. The lowest BCUT2D eigenvalue weighted by atomic mass is 10.1. The fraction of sp³-hybridized carbons (Fsp3) is 0.176. The van der Waals surface area contributed by atoms with Gasteiger partial charge in [-0.2, -0.15) is 5.10 Å². The Morgan fingerprint density at radius 2 is 1.96 bits per heavy atom. The molecule has 1 aliphatic carbocycles. The van der Waals surface area contributed by atoms with Crippen molar-refractivity contribution in [1.29, 1.82) is 0 Å². The lowest BCUT2D eigenvalue weighted by Gasteiger charge is -2.02. The molecule has 6 nitrogen and oxygen atoms in total. The van der Waals surface area contributed by atoms with Crippen LogP contribution in [0.25, 0.3) is 0 Å². The van der Waals surface area contributed by atoms with Gasteiger partial charge >= 0.3 is 0 Å². The highest BCUT2D eigenvalue weighted by Gasteiger charge is 2.18. The number of hydrogen-bond donors (Lipinski definition) is 1. The first-order chi connectivity index (χ1) is 11.1. The number of nitro groups is 1. The summed E-state index contributed by atoms with van der Waals surface area (Å²) in [6, 6.07) is 11.9. The third-order valence-corrected chi connectivity index (χ3v) is 3.85. The zero-order valence-corrected chi connectivity index (χ0v) is 12.4. The maximum absolute atomic E-state index is 12.0. The van der Waals surface area contributed by atoms with E-state index in [4.69, 9.17) is 0 Å². The molecule has 0 atom stereocenters. The van der Waals surface area contributed by atoms with Crippen molar-refractivity contribution in [1.82, 2.24) is 5.43 Å². The van der Waals surface area contributed by atoms with Crippen LogP contribution in [0.5, 0.6) is 0 Å². The molecule has 0 saturated carbocycles. The van der Waals surface area contributed by atoms with Gasteiger partial charge in [0.1, 0.15) is 5.56 Å². The van der Waals surface area contributed by atoms with Crippen molar-refractivity contribution in [3.05, 3.63) is 74.8 Å². The largest absolute Gasteiger partial charge is 0.282 e. The van der Waals surface area contributed by atoms with E-state index in [1.165, 1.54) is 35.7 Å². The minimum Gasteiger partial charge on any atom is -0.267 e. The Bertz CT molecular complexity index is 799. The van der Waals surface area contributed by atoms with Gasteiger partial charge in [-0.25, -0.2) is 5.43 Å². The predicted molar refractivity (Wildman–Crippen MR) is 86.6 cm³/mol. The van der Waals surface area contributed by atoms with Gasteiger partial charge in [-0.15, -0.1) is 0 Å². The van der Waals surface area contributed by atoms with E-state index in [1.807, 2.05) is 6.07 Å². The number of nitro benzene ring substituents is 1. The molecule has 0 radical (unpaired) electrons. The molecule has 1 aliphatic rings. The first-order valence-corrected chi connectivity index (χ1v) is 7.34. The molecule has 2 aromatic carbocycles. The summed E-state index contributed by atoms with van der Waals surface area (Å²) < 4.78 is 0. The van der Waals surface area contributed by atoms with Gasteiger partial charge in [0.25, 0.3) is 11.6 Å². The molecule has 0 saturated heterocycles. The average molecular weight is 309 g/mol. The van der Waals surface area contributed by atoms with Crippen molar-refractivity contribution in [2.45, 2.75) is 19.3 Å². The fourth-order valence-electron chi connectivity index (χ4n) is 2.72. The summed E-state index contributed by atoms with van der Waals surface area (Å²) >= 11 is 0. The SMILES string of the molecule is O=C(N/N=C\c1ccc2c(c1)CCC2)c1ccccc1[N+](=O)[O-]. The van der Waals surface area contributed by atoms with Crippen molar-refractivity contribution in [2.75, 3.05) is 0 Å². The Balaban J connectivity index is 1.71. The number of hydrazone groups is 1. The monoisotopic (exact) mass is 309 g/mol. The molecule has 6 heteroatoms. The Morgan fingerprint density at radius 1 is 1.17 bits per heavy atom. The Kier molecular flexibility index (Phi) is 4.14. The van der Waals surface area contributed by atoms with E-state index >= 15 is 0 Å². The Morgan fingerprint density at radius 3 is 2.78 bits per heavy atom. The van der Waals surface area contributed by atoms with Gasteiger partial charge in [0.15, 0.2) is 0 Å². The van der Waals surface area contributed by atoms with Crippen LogP contribution in [-0.4, -0.2) is 17.0 Å². The third-order valence-electron chi connectivity index (χ3n) is 3.85. The number of benzene rings is 2. The molecule has 0 bridgehead atoms. The number of nitrogens with one attached hydrogen (secondary N) is 1. The molecule has 0 aromatic heterocycles. The second-order valence-corrected chi connectivity index (χ2v) is 5.36. The molecule has 116 valence electrons. The van der Waals surface area contributed by atoms with Gasteiger partial charge in [-0.1, -0.05) is 24.3 Å². The van der Waals surface area contributed by atoms with Gasteiger partial charge in [0.2, 0.25) is 0 Å². The highest BCUT2D eigenvalue weighted by atomic mass is 16.6. The van der Waals surface area contributed by atoms with Gasteiger partial charge in [-0.3, -0.25) is 14.9 Å². The minimum absolute atomic E-state index is 0.0106. The van der Waals surface area contributed by atoms with Gasteiger partial charge in [-0.05, 0) is 48.1 Å². The van der Waals surface area contributed by atoms with Gasteiger partial charge < -0.3 is 0 Å². The topological polar surface area (TPSA) is 84.6 Å². The molecule has 2 aromatic rings. The highest BCUT2D eigenvalue weighted by molar-refractivity contribution is 5.98. The number of carbonyl (C=O) groups is 1. The summed E-state index contributed by atoms with van der Waals surface area (Å²) in [6.45, 7) is 0. The van der Waals surface area contributed by atoms with E-state index in [1.54, 1.807) is 12.3 Å². The van der Waals surface area contributed by atoms with Gasteiger partial charge in [0.05, 0.1) is 11.1 Å². The summed E-state index contributed by atoms with van der Waals surface area (Å²) in [5.74, 6) is -0.602. The van der Waals surface area contributed by atoms with E-state index in [0.29, 0.717) is 0 Å². The van der Waals surface area contributed by atoms with Crippen molar-refractivity contribution in [3.63, 3.8) is 0 Å². The molecular weight excluding hydrogens is 294 g/mol. The molecule has 0 aliphatic heterocycles. The lowest BCUT2D eigenvalue weighted by molar-refractivity contribution is -0.385. The van der Waals surface area contributed by atoms with Crippen LogP contribution in [0.2, 0.25) is 0 Å². The molecule has 23 heavy (non-hydrogen) atoms. The number of para-hydroxylation sites is 1. The van der Waals surface area contributed by atoms with Crippen LogP contribution in [0, 0.1) is 10.1 Å². The fourth-order valence-corrected chi connectivity index (χ4v) is 2.72. The number of amides is 1. The average Bonchev–Trinajstić information content (AvgIpc) is 3.02. The molecule has 0 fully saturated rings. The van der Waals surface area contributed by atoms with E-state index in [0.717, 1.165) is 18.4 Å². The quantitative estimate of drug-likeness (QED) is 0.535. The van der Waals surface area contributed by atoms with E-state index in [9.17, 15) is 14.9 Å². The Hall–Kier alpha value is -3.02. The van der Waals surface area contributed by atoms with Crippen molar-refractivity contribution < 1.29 is 9.72 Å². The zero-order valence-electron chi connectivity index (χ0n) is 12.4. The molecule has 1 N–H and O–H groups in total. The van der Waals surface area contributed by atoms with Crippen LogP contribution in [0.1, 0.15) is 33.5 Å². The van der Waals surface area contributed by atoms with E-state index in [2.05, 4.69) is 22.7 Å². The second-order valence-electron chi connectivity index (χ2n) is 5.36. The zero-order chi connectivity index (χ0) is 16.2. The lowest BCUT2D eigenvalue weighted by Crippen LogP contribution is -2.18. The number of nitrogens with zero attached hydrogens (tertiary/aromatic N) is 2. The molecule has 3 rings (SSSR count). The summed E-state index contributed by atoms with van der Waals surface area (Å²) in [6.07, 6.45) is 4.90. The molecular formula is C17H15N3O3. The number of rotatable bonds is 4. The van der Waals surface area contributed by atoms with Gasteiger partial charge in [0, 0.05) is 6.07 Å². The normalized spacial score (nSPS) is 13.0. The van der Waals surface area contributed by atoms with Crippen LogP contribution < -0.4 is 5.43 Å². The molecule has 0 unspecified atom stereocenters. The number of carbonyl (C=O) groups excluding carboxylic acids is 1. The van der Waals surface area contributed by atoms with Crippen LogP contribution in [-0.2, 0) is 12.8 Å². The highest BCUT2D eigenvalue weighted by Crippen LogP contribution is 2.22. The summed E-state index contributed by atoms with van der Waals surface area (Å²) in [7, 11) is 0. The maximum Gasteiger partial charge on any atom is 0.282 e. The number of hydrogen-bond acceptors (Lipinski definition) is 4. The number of fused-ring (bicyclic) bond motifs is 1. The smallest absolute Gasteiger partial charge is 0.267 e. The van der Waals surface area contributed by atoms with E-state index < -0.39 is 10.8 Å². The number of aryl methyl sites for hydroxylation is 2. The molecule has 0 heterocycles. The van der Waals surface area contributed by atoms with Crippen molar-refractivity contribution in [3.8, 4) is 0 Å².